The van der Waals surface area contributed by atoms with Crippen molar-refractivity contribution in [2.45, 2.75) is 91.6 Å². The van der Waals surface area contributed by atoms with Gasteiger partial charge in [-0.05, 0) is 87.9 Å². The maximum atomic E-state index is 13.5. The molecule has 0 radical (unpaired) electrons. The monoisotopic (exact) mass is 668 g/mol. The lowest BCUT2D eigenvalue weighted by Crippen LogP contribution is -2.32. The number of aromatic nitrogens is 4. The highest BCUT2D eigenvalue weighted by atomic mass is 16.6. The van der Waals surface area contributed by atoms with Gasteiger partial charge in [0.1, 0.15) is 5.60 Å². The number of nitrogens with zero attached hydrogens (tertiary/aromatic N) is 2. The van der Waals surface area contributed by atoms with Crippen LogP contribution in [0.15, 0.2) is 24.8 Å². The van der Waals surface area contributed by atoms with E-state index in [1.165, 1.54) is 0 Å². The predicted octanol–water partition coefficient (Wildman–Crippen LogP) is 7.22. The second kappa shape index (κ2) is 13.5. The van der Waals surface area contributed by atoms with Crippen molar-refractivity contribution in [3.8, 4) is 0 Å². The second-order valence-electron chi connectivity index (χ2n) is 13.5. The van der Waals surface area contributed by atoms with Crippen LogP contribution in [0.5, 0.6) is 0 Å². The summed E-state index contributed by atoms with van der Waals surface area (Å²) in [6.07, 6.45) is 2.16. The maximum Gasteiger partial charge on any atom is 0.338 e. The molecular formula is C38H44N4O7. The molecule has 0 amide bonds. The number of rotatable bonds is 10. The van der Waals surface area contributed by atoms with Gasteiger partial charge in [0, 0.05) is 51.6 Å². The number of aryl methyl sites for hydroxylation is 2. The molecule has 11 heteroatoms. The van der Waals surface area contributed by atoms with E-state index >= 15 is 0 Å². The van der Waals surface area contributed by atoms with Gasteiger partial charge in [0.05, 0.1) is 41.2 Å². The number of H-pyrrole nitrogens is 2. The first kappa shape index (κ1) is 35.3. The lowest BCUT2D eigenvalue weighted by molar-refractivity contribution is -0.159. The van der Waals surface area contributed by atoms with Gasteiger partial charge in [-0.2, -0.15) is 0 Å². The number of nitrogens with one attached hydrogen (secondary N) is 2. The van der Waals surface area contributed by atoms with Crippen molar-refractivity contribution in [2.24, 2.45) is 0 Å². The fourth-order valence-corrected chi connectivity index (χ4v) is 6.90. The van der Waals surface area contributed by atoms with Gasteiger partial charge in [-0.25, -0.2) is 9.78 Å². The number of esters is 1. The maximum absolute atomic E-state index is 13.5. The third-order valence-corrected chi connectivity index (χ3v) is 9.71. The fourth-order valence-electron chi connectivity index (χ4n) is 6.90. The average molecular weight is 669 g/mol. The fraction of sp³-hybridized carbons (Fsp3) is 0.395. The lowest BCUT2D eigenvalue weighted by atomic mass is 9.85. The molecule has 0 spiro atoms. The molecule has 49 heavy (non-hydrogen) atoms. The van der Waals surface area contributed by atoms with Crippen LogP contribution in [0.3, 0.4) is 0 Å². The van der Waals surface area contributed by atoms with Crippen LogP contribution in [0.2, 0.25) is 0 Å². The van der Waals surface area contributed by atoms with E-state index in [0.29, 0.717) is 40.1 Å². The van der Waals surface area contributed by atoms with Crippen LogP contribution < -0.4 is 0 Å². The average Bonchev–Trinajstić information content (AvgIpc) is 3.71. The number of carbonyl (C=O) groups excluding carboxylic acids is 1. The molecule has 0 fully saturated rings. The Labute approximate surface area is 284 Å². The standard InChI is InChI=1S/C38H44N4O7/c1-9-22-18(3)26-14-28-20(5)24(11-12-32(44)45)35(41-28)25(13-33(46)49-38(7,8)17-43)36-34(37(47)48)21(6)29(42-36)16-31-23(10-2)19(4)27(40-31)15-30(22)39-26/h9,14-16,20,24,39,42-43H,1,10-13,17H2,2-8H3,(H,44,45)(H,47,48). The highest BCUT2D eigenvalue weighted by Crippen LogP contribution is 2.43. The number of aromatic amines is 2. The van der Waals surface area contributed by atoms with Crippen LogP contribution in [-0.2, 0) is 20.7 Å². The predicted molar refractivity (Wildman–Crippen MR) is 189 cm³/mol. The first-order valence-electron chi connectivity index (χ1n) is 16.5. The van der Waals surface area contributed by atoms with Crippen LogP contribution in [0.25, 0.3) is 39.3 Å². The normalized spacial score (nSPS) is 16.2. The van der Waals surface area contributed by atoms with Crippen LogP contribution >= 0.6 is 0 Å². The molecule has 0 saturated heterocycles. The molecule has 0 aliphatic carbocycles. The molecule has 258 valence electrons. The highest BCUT2D eigenvalue weighted by Gasteiger charge is 2.34. The minimum atomic E-state index is -1.20. The van der Waals surface area contributed by atoms with Gasteiger partial charge < -0.3 is 30.0 Å². The highest BCUT2D eigenvalue weighted by molar-refractivity contribution is 6.03. The summed E-state index contributed by atoms with van der Waals surface area (Å²) >= 11 is 0. The molecule has 3 aromatic heterocycles. The van der Waals surface area contributed by atoms with E-state index in [1.807, 2.05) is 45.9 Å². The number of hydrogen-bond donors (Lipinski definition) is 5. The van der Waals surface area contributed by atoms with Crippen LogP contribution in [-0.4, -0.2) is 65.4 Å². The van der Waals surface area contributed by atoms with Crippen molar-refractivity contribution >= 4 is 57.2 Å². The van der Waals surface area contributed by atoms with E-state index in [1.54, 1.807) is 26.8 Å². The summed E-state index contributed by atoms with van der Waals surface area (Å²) in [5, 5.41) is 30.1. The zero-order chi connectivity index (χ0) is 35.9. The topological polar surface area (TPSA) is 178 Å². The summed E-state index contributed by atoms with van der Waals surface area (Å²) in [5.41, 5.74) is 8.24. The third-order valence-electron chi connectivity index (χ3n) is 9.71. The number of fused-ring (bicyclic) bond motifs is 8. The van der Waals surface area contributed by atoms with Crippen molar-refractivity contribution in [1.82, 2.24) is 19.9 Å². The quantitative estimate of drug-likeness (QED) is 0.139. The molecule has 0 saturated carbocycles. The number of hydrogen-bond acceptors (Lipinski definition) is 7. The van der Waals surface area contributed by atoms with Crippen molar-refractivity contribution < 1.29 is 34.4 Å². The second-order valence-corrected chi connectivity index (χ2v) is 13.5. The number of aliphatic carboxylic acids is 1. The van der Waals surface area contributed by atoms with Gasteiger partial charge in [-0.3, -0.25) is 14.6 Å². The Hall–Kier alpha value is -5.03. The zero-order valence-corrected chi connectivity index (χ0v) is 29.1. The molecule has 5 heterocycles. The van der Waals surface area contributed by atoms with Crippen molar-refractivity contribution in [3.05, 3.63) is 75.4 Å². The Morgan fingerprint density at radius 2 is 1.67 bits per heavy atom. The summed E-state index contributed by atoms with van der Waals surface area (Å²) in [6, 6.07) is 5.75. The SMILES string of the molecule is C=Cc1c(C)c2cc3nc(c(CC(=O)OC(C)(C)CO)c4[nH]c(cc5nc(cc1[nH]2)C(C)=C5CC)c(C)c4C(=O)O)C(CCC(=O)O)C3C. The Balaban J connectivity index is 2.00. The van der Waals surface area contributed by atoms with Crippen LogP contribution in [0.4, 0.5) is 0 Å². The third kappa shape index (κ3) is 6.67. The lowest BCUT2D eigenvalue weighted by Gasteiger charge is -2.23. The number of carboxylic acid groups (broad SMARTS) is 2. The molecule has 2 atom stereocenters. The van der Waals surface area contributed by atoms with Gasteiger partial charge in [-0.15, -0.1) is 0 Å². The first-order valence-corrected chi connectivity index (χ1v) is 16.5. The number of aromatic carboxylic acids is 1. The Morgan fingerprint density at radius 3 is 2.29 bits per heavy atom. The molecule has 5 rings (SSSR count). The first-order chi connectivity index (χ1) is 23.1. The van der Waals surface area contributed by atoms with E-state index in [4.69, 9.17) is 14.7 Å². The molecular weight excluding hydrogens is 624 g/mol. The molecule has 2 unspecified atom stereocenters. The van der Waals surface area contributed by atoms with Gasteiger partial charge in [-0.1, -0.05) is 26.5 Å². The van der Waals surface area contributed by atoms with Gasteiger partial charge in [0.25, 0.3) is 0 Å². The molecule has 2 aliphatic rings. The molecule has 11 nitrogen and oxygen atoms in total. The summed E-state index contributed by atoms with van der Waals surface area (Å²) in [5.74, 6) is -3.61. The van der Waals surface area contributed by atoms with Gasteiger partial charge >= 0.3 is 17.9 Å². The van der Waals surface area contributed by atoms with E-state index < -0.39 is 36.0 Å². The summed E-state index contributed by atoms with van der Waals surface area (Å²) in [4.78, 5) is 55.2. The van der Waals surface area contributed by atoms with E-state index in [9.17, 15) is 29.7 Å². The number of allylic oxidation sites excluding steroid dienone is 2. The van der Waals surface area contributed by atoms with Crippen molar-refractivity contribution in [2.75, 3.05) is 6.61 Å². The molecule has 0 aromatic carbocycles. The molecule has 3 aromatic rings. The van der Waals surface area contributed by atoms with Crippen molar-refractivity contribution in [3.63, 3.8) is 0 Å². The van der Waals surface area contributed by atoms with Gasteiger partial charge in [0.2, 0.25) is 0 Å². The molecule has 8 bridgehead atoms. The minimum Gasteiger partial charge on any atom is -0.481 e. The molecule has 5 N–H and O–H groups in total. The Kier molecular flexibility index (Phi) is 9.70. The summed E-state index contributed by atoms with van der Waals surface area (Å²) in [6.45, 7) is 16.5. The minimum absolute atomic E-state index is 0.0299. The van der Waals surface area contributed by atoms with Crippen LogP contribution in [0, 0.1) is 13.8 Å². The van der Waals surface area contributed by atoms with Crippen LogP contribution in [0.1, 0.15) is 121 Å². The van der Waals surface area contributed by atoms with Crippen molar-refractivity contribution in [1.29, 1.82) is 0 Å². The Morgan fingerprint density at radius 1 is 1.00 bits per heavy atom. The Bertz CT molecular complexity index is 2080. The van der Waals surface area contributed by atoms with Gasteiger partial charge in [0.15, 0.2) is 0 Å². The van der Waals surface area contributed by atoms with E-state index in [2.05, 4.69) is 16.5 Å². The number of ether oxygens (including phenoxy) is 1. The van der Waals surface area contributed by atoms with E-state index in [-0.39, 0.29) is 36.3 Å². The number of carboxylic acids is 2. The number of carbonyl (C=O) groups is 3. The molecule has 2 aliphatic heterocycles. The zero-order valence-electron chi connectivity index (χ0n) is 29.1. The summed E-state index contributed by atoms with van der Waals surface area (Å²) in [7, 11) is 0. The largest absolute Gasteiger partial charge is 0.481 e. The summed E-state index contributed by atoms with van der Waals surface area (Å²) < 4.78 is 5.63. The van der Waals surface area contributed by atoms with E-state index in [0.717, 1.165) is 39.0 Å². The smallest absolute Gasteiger partial charge is 0.338 e. The number of aliphatic hydroxyl groups excluding tert-OH is 1. The number of aliphatic hydroxyl groups is 1.